The molecule has 0 unspecified atom stereocenters. The molecule has 0 aromatic heterocycles. The van der Waals surface area contributed by atoms with Crippen LogP contribution in [-0.4, -0.2) is 206 Å². The second kappa shape index (κ2) is 38.1. The quantitative estimate of drug-likeness (QED) is 0.0409. The normalized spacial score (nSPS) is 16.8. The minimum absolute atomic E-state index is 0.0340. The summed E-state index contributed by atoms with van der Waals surface area (Å²) in [5.41, 5.74) is 11.5. The number of carbonyl (C=O) groups is 10. The number of ether oxygens (including phenoxy) is 4. The van der Waals surface area contributed by atoms with Gasteiger partial charge in [0.05, 0.1) is 54.8 Å². The first-order valence-corrected chi connectivity index (χ1v) is 32.6. The molecule has 0 saturated carbocycles. The first-order chi connectivity index (χ1) is 44.0. The molecule has 12 atom stereocenters. The molecular formula is C67H110N12O15. The van der Waals surface area contributed by atoms with E-state index < -0.39 is 138 Å². The molecule has 1 aliphatic rings. The van der Waals surface area contributed by atoms with Gasteiger partial charge in [-0.1, -0.05) is 105 Å². The van der Waals surface area contributed by atoms with Gasteiger partial charge in [0.25, 0.3) is 5.91 Å². The fourth-order valence-corrected chi connectivity index (χ4v) is 11.4. The summed E-state index contributed by atoms with van der Waals surface area (Å²) in [7, 11) is 7.48. The van der Waals surface area contributed by atoms with Gasteiger partial charge >= 0.3 is 18.2 Å². The Morgan fingerprint density at radius 3 is 1.97 bits per heavy atom. The number of likely N-dealkylation sites (tertiary alicyclic amines) is 1. The maximum absolute atomic E-state index is 14.9. The molecule has 0 radical (unpaired) electrons. The lowest BCUT2D eigenvalue weighted by molar-refractivity contribution is -0.148. The number of rotatable bonds is 35. The lowest BCUT2D eigenvalue weighted by Crippen LogP contribution is -2.60. The van der Waals surface area contributed by atoms with Crippen LogP contribution in [0.5, 0.6) is 0 Å². The number of likely N-dealkylation sites (N-methyl/N-ethyl adjacent to an activating group) is 3. The van der Waals surface area contributed by atoms with Crippen molar-refractivity contribution in [2.45, 2.75) is 201 Å². The second-order valence-corrected chi connectivity index (χ2v) is 26.6. The average molecular weight is 1320 g/mol. The predicted octanol–water partition coefficient (Wildman–Crippen LogP) is 5.03. The smallest absolute Gasteiger partial charge is 0.410 e. The number of benzene rings is 2. The number of nitrogens with two attached hydrogens (primary N) is 2. The molecule has 94 heavy (non-hydrogen) atoms. The Balaban J connectivity index is 1.88. The molecule has 2 aromatic rings. The number of aliphatic hydroxyl groups is 1. The number of anilines is 1. The lowest BCUT2D eigenvalue weighted by Gasteiger charge is -2.41. The van der Waals surface area contributed by atoms with E-state index in [1.165, 1.54) is 56.3 Å². The molecule has 11 amide bonds. The Hall–Kier alpha value is -7.62. The van der Waals surface area contributed by atoms with Crippen molar-refractivity contribution in [2.75, 3.05) is 66.9 Å². The third-order valence-corrected chi connectivity index (χ3v) is 17.1. The number of nitrogens with one attached hydrogen (secondary N) is 6. The number of nitrogens with zero attached hydrogens (tertiary/aromatic N) is 4. The van der Waals surface area contributed by atoms with Crippen LogP contribution in [0.4, 0.5) is 20.1 Å². The van der Waals surface area contributed by atoms with Crippen molar-refractivity contribution in [2.24, 2.45) is 41.1 Å². The summed E-state index contributed by atoms with van der Waals surface area (Å²) in [4.78, 5) is 143. The zero-order chi connectivity index (χ0) is 71.1. The highest BCUT2D eigenvalue weighted by Crippen LogP contribution is 2.31. The predicted molar refractivity (Wildman–Crippen MR) is 356 cm³/mol. The Bertz CT molecular complexity index is 2840. The van der Waals surface area contributed by atoms with Crippen LogP contribution in [-0.2, 0) is 54.3 Å². The third kappa shape index (κ3) is 24.0. The van der Waals surface area contributed by atoms with Gasteiger partial charge in [0.1, 0.15) is 30.3 Å². The number of methoxy groups -OCH3 is 2. The van der Waals surface area contributed by atoms with Gasteiger partial charge in [-0.2, -0.15) is 0 Å². The molecule has 2 aromatic carbocycles. The van der Waals surface area contributed by atoms with Crippen LogP contribution in [0.3, 0.4) is 0 Å². The van der Waals surface area contributed by atoms with Crippen molar-refractivity contribution >= 4 is 65.3 Å². The molecule has 27 nitrogen and oxygen atoms in total. The Morgan fingerprint density at radius 1 is 0.755 bits per heavy atom. The van der Waals surface area contributed by atoms with E-state index in [0.29, 0.717) is 31.4 Å². The summed E-state index contributed by atoms with van der Waals surface area (Å²) in [5.74, 6) is -5.83. The van der Waals surface area contributed by atoms with E-state index in [0.717, 1.165) is 4.90 Å². The van der Waals surface area contributed by atoms with Gasteiger partial charge in [-0.15, -0.1) is 0 Å². The van der Waals surface area contributed by atoms with E-state index in [9.17, 15) is 53.1 Å². The summed E-state index contributed by atoms with van der Waals surface area (Å²) in [5, 5.41) is 27.5. The van der Waals surface area contributed by atoms with Crippen molar-refractivity contribution in [3.63, 3.8) is 0 Å². The minimum atomic E-state index is -1.19. The molecular weight excluding hydrogens is 1210 g/mol. The Labute approximate surface area is 555 Å². The number of hydrogen-bond donors (Lipinski definition) is 9. The number of aliphatic hydroxyl groups excluding tert-OH is 1. The topological polar surface area (TPSA) is 365 Å². The van der Waals surface area contributed by atoms with Gasteiger partial charge in [0.15, 0.2) is 0 Å². The monoisotopic (exact) mass is 1320 g/mol. The molecule has 1 fully saturated rings. The largest absolute Gasteiger partial charge is 0.445 e. The summed E-state index contributed by atoms with van der Waals surface area (Å²) >= 11 is 0. The lowest BCUT2D eigenvalue weighted by atomic mass is 9.89. The van der Waals surface area contributed by atoms with Crippen LogP contribution in [0.25, 0.3) is 0 Å². The molecule has 1 aliphatic heterocycles. The summed E-state index contributed by atoms with van der Waals surface area (Å²) in [6.07, 6.45) is -2.01. The van der Waals surface area contributed by atoms with Gasteiger partial charge in [0.2, 0.25) is 35.4 Å². The molecule has 528 valence electrons. The highest BCUT2D eigenvalue weighted by molar-refractivity contribution is 6.01. The van der Waals surface area contributed by atoms with E-state index in [1.54, 1.807) is 100 Å². The van der Waals surface area contributed by atoms with E-state index in [-0.39, 0.29) is 79.4 Å². The van der Waals surface area contributed by atoms with E-state index in [4.69, 9.17) is 30.4 Å². The molecule has 1 saturated heterocycles. The number of hydrogen-bond acceptors (Lipinski definition) is 16. The Morgan fingerprint density at radius 2 is 1.40 bits per heavy atom. The molecule has 0 spiro atoms. The second-order valence-electron chi connectivity index (χ2n) is 26.6. The third-order valence-electron chi connectivity index (χ3n) is 17.1. The van der Waals surface area contributed by atoms with Crippen molar-refractivity contribution in [1.82, 2.24) is 46.2 Å². The van der Waals surface area contributed by atoms with Gasteiger partial charge in [0, 0.05) is 78.4 Å². The molecule has 3 rings (SSSR count). The fourth-order valence-electron chi connectivity index (χ4n) is 11.4. The van der Waals surface area contributed by atoms with Crippen molar-refractivity contribution in [3.05, 3.63) is 65.2 Å². The van der Waals surface area contributed by atoms with Gasteiger partial charge in [-0.25, -0.2) is 14.4 Å². The van der Waals surface area contributed by atoms with Crippen LogP contribution < -0.4 is 43.4 Å². The standard InChI is InChI=1S/C67H110N12O15/c1-19-41(8)55(50(91-17)36-51(80)79-33-24-28-49(79)57(92-18)42(9)58(82)72-43(10)56(81)44-25-21-20-22-26-44)77(15)63(87)53(39(4)5)75-62(86)54(40(6)7)78(16)66(90)93-37-45-29-30-46(35-47(45)59(83)70-32-34-76(14)65(89)94-67(11,12)13)73-60(84)48(27-23-31-71-64(69)88)74-61(85)52(68)38(2)3/h20-22,25-26,29-30,35,38-43,48-50,52-57,81H,19,23-24,27-28,31-34,36-37,68H2,1-18H3,(H,70,83)(H,72,82)(H,73,84)(H,74,85)(H,75,86)(H3,69,71,88)/t41-,42+,43+,48-,49-,50+,52-,53-,54-,55-,56+,57+/m0/s1. The molecule has 11 N–H and O–H groups in total. The highest BCUT2D eigenvalue weighted by atomic mass is 16.6. The summed E-state index contributed by atoms with van der Waals surface area (Å²) < 4.78 is 23.3. The van der Waals surface area contributed by atoms with Crippen LogP contribution in [0.2, 0.25) is 0 Å². The first-order valence-electron chi connectivity index (χ1n) is 32.6. The SMILES string of the molecule is CC[C@H](C)[C@@H]([C@@H](CC(=O)N1CCC[C@H]1[C@H](OC)[C@@H](C)C(=O)N[C@H](C)[C@@H](O)c1ccccc1)OC)N(C)C(=O)[C@@H](NC(=O)[C@H](C(C)C)N(C)C(=O)OCc1ccc(NC(=O)[C@H](CCCNC(N)=O)NC(=O)[C@@H](N)C(C)C)cc1C(=O)NCCN(C)C(=O)OC(C)(C)C)C(C)C. The number of amides is 11. The van der Waals surface area contributed by atoms with E-state index in [2.05, 4.69) is 31.9 Å². The van der Waals surface area contributed by atoms with E-state index in [1.807, 2.05) is 32.0 Å². The van der Waals surface area contributed by atoms with Gasteiger partial charge in [-0.3, -0.25) is 38.5 Å². The highest BCUT2D eigenvalue weighted by Gasteiger charge is 2.44. The molecule has 1 heterocycles. The maximum Gasteiger partial charge on any atom is 0.410 e. The minimum Gasteiger partial charge on any atom is -0.445 e. The van der Waals surface area contributed by atoms with Crippen LogP contribution in [0, 0.1) is 29.6 Å². The summed E-state index contributed by atoms with van der Waals surface area (Å²) in [6.45, 7) is 23.0. The number of urea groups is 1. The summed E-state index contributed by atoms with van der Waals surface area (Å²) in [6, 6.07) is 6.40. The van der Waals surface area contributed by atoms with Crippen molar-refractivity contribution in [3.8, 4) is 0 Å². The Kier molecular flexibility index (Phi) is 32.6. The first kappa shape index (κ1) is 80.6. The molecule has 27 heteroatoms. The fraction of sp³-hybridized carbons (Fsp3) is 0.672. The number of primary amides is 1. The van der Waals surface area contributed by atoms with Crippen molar-refractivity contribution < 1.29 is 72.0 Å². The molecule has 0 aliphatic carbocycles. The van der Waals surface area contributed by atoms with E-state index >= 15 is 0 Å². The van der Waals surface area contributed by atoms with Crippen LogP contribution in [0.1, 0.15) is 156 Å². The van der Waals surface area contributed by atoms with Gasteiger partial charge in [-0.05, 0) is 94.7 Å². The molecule has 0 bridgehead atoms. The zero-order valence-electron chi connectivity index (χ0n) is 58.7. The van der Waals surface area contributed by atoms with Crippen LogP contribution in [0.15, 0.2) is 48.5 Å². The van der Waals surface area contributed by atoms with Gasteiger partial charge < -0.3 is 82.1 Å². The maximum atomic E-state index is 14.9. The van der Waals surface area contributed by atoms with Crippen molar-refractivity contribution in [1.29, 1.82) is 0 Å². The average Bonchev–Trinajstić information content (AvgIpc) is 1.37. The zero-order valence-corrected chi connectivity index (χ0v) is 58.7. The van der Waals surface area contributed by atoms with Crippen LogP contribution >= 0.6 is 0 Å². The number of carbonyl (C=O) groups excluding carboxylic acids is 10.